The Balaban J connectivity index is 5.82. The van der Waals surface area contributed by atoms with Gasteiger partial charge in [-0.2, -0.15) is 0 Å². The van der Waals surface area contributed by atoms with Gasteiger partial charge >= 0.3 is 25.7 Å². The Labute approximate surface area is 205 Å². The van der Waals surface area contributed by atoms with Gasteiger partial charge in [-0.05, 0) is 97.7 Å². The Morgan fingerprint density at radius 3 is 1.62 bits per heavy atom. The average Bonchev–Trinajstić information content (AvgIpc) is 2.54. The quantitative estimate of drug-likeness (QED) is 0.141. The van der Waals surface area contributed by atoms with E-state index in [0.717, 1.165) is 38.5 Å². The molecule has 0 N–H and O–H groups in total. The van der Waals surface area contributed by atoms with Crippen molar-refractivity contribution < 1.29 is 25.9 Å². The van der Waals surface area contributed by atoms with Crippen molar-refractivity contribution in [2.75, 3.05) is 19.8 Å². The summed E-state index contributed by atoms with van der Waals surface area (Å²) in [5.41, 5.74) is -0.0661. The molecule has 194 valence electrons. The van der Waals surface area contributed by atoms with Crippen LogP contribution in [0.15, 0.2) is 0 Å². The van der Waals surface area contributed by atoms with Crippen molar-refractivity contribution in [3.63, 3.8) is 0 Å². The lowest BCUT2D eigenvalue weighted by Gasteiger charge is -2.45. The van der Waals surface area contributed by atoms with E-state index >= 15 is 0 Å². The highest BCUT2D eigenvalue weighted by atomic mass is 28.5. The fourth-order valence-electron chi connectivity index (χ4n) is 3.81. The second kappa shape index (κ2) is 13.8. The van der Waals surface area contributed by atoms with Crippen molar-refractivity contribution in [1.29, 1.82) is 0 Å². The number of hydrogen-bond acceptors (Lipinski definition) is 6. The predicted octanol–water partition coefficient (Wildman–Crippen LogP) is 6.74. The van der Waals surface area contributed by atoms with Crippen molar-refractivity contribution in [3.05, 3.63) is 0 Å². The zero-order valence-corrected chi connectivity index (χ0v) is 28.5. The van der Waals surface area contributed by atoms with Crippen molar-refractivity contribution >= 4 is 42.3 Å². The van der Waals surface area contributed by atoms with E-state index in [4.69, 9.17) is 25.9 Å². The van der Waals surface area contributed by atoms with Gasteiger partial charge in [0.25, 0.3) is 0 Å². The summed E-state index contributed by atoms with van der Waals surface area (Å²) in [6.45, 7) is 30.6. The highest BCUT2D eigenvalue weighted by molar-refractivity contribution is 6.91. The maximum Gasteiger partial charge on any atom is 0.345 e. The summed E-state index contributed by atoms with van der Waals surface area (Å²) in [5, 5.41) is 0. The van der Waals surface area contributed by atoms with Gasteiger partial charge in [0.15, 0.2) is 16.6 Å². The predicted molar refractivity (Wildman–Crippen MR) is 148 cm³/mol. The van der Waals surface area contributed by atoms with Crippen molar-refractivity contribution in [3.8, 4) is 0 Å². The SMILES string of the molecule is CCCOCCC[Si](C)(O[Si](C)(C)O[Si](C)(C)C)O[Si](C)(O[Si](C)(C)C)C(C)OCCC. The Kier molecular flexibility index (Phi) is 14.2. The molecule has 0 aromatic rings. The molecule has 0 bridgehead atoms. The topological polar surface area (TPSA) is 55.4 Å². The van der Waals surface area contributed by atoms with Gasteiger partial charge in [0, 0.05) is 19.8 Å². The molecule has 0 amide bonds. The van der Waals surface area contributed by atoms with Crippen LogP contribution in [0.25, 0.3) is 0 Å². The normalized spacial score (nSPS) is 18.3. The van der Waals surface area contributed by atoms with Crippen LogP contribution in [0.4, 0.5) is 0 Å². The van der Waals surface area contributed by atoms with Gasteiger partial charge in [-0.25, -0.2) is 0 Å². The zero-order chi connectivity index (χ0) is 25.3. The molecule has 0 aliphatic carbocycles. The molecule has 0 aromatic carbocycles. The first-order chi connectivity index (χ1) is 14.4. The van der Waals surface area contributed by atoms with Crippen LogP contribution >= 0.6 is 0 Å². The highest BCUT2D eigenvalue weighted by Gasteiger charge is 2.51. The first kappa shape index (κ1) is 32.8. The molecule has 0 fully saturated rings. The largest absolute Gasteiger partial charge is 0.437 e. The summed E-state index contributed by atoms with van der Waals surface area (Å²) in [4.78, 5) is 0. The highest BCUT2D eigenvalue weighted by Crippen LogP contribution is 2.31. The van der Waals surface area contributed by atoms with Crippen LogP contribution in [0.5, 0.6) is 0 Å². The molecule has 0 radical (unpaired) electrons. The molecule has 3 unspecified atom stereocenters. The summed E-state index contributed by atoms with van der Waals surface area (Å²) in [6, 6.07) is 0.861. The van der Waals surface area contributed by atoms with Crippen LogP contribution in [0.1, 0.15) is 40.0 Å². The van der Waals surface area contributed by atoms with Gasteiger partial charge in [0.1, 0.15) is 0 Å². The molecule has 3 atom stereocenters. The second-order valence-electron chi connectivity index (χ2n) is 11.4. The minimum absolute atomic E-state index is 0.0661. The fraction of sp³-hybridized carbons (Fsp3) is 1.00. The molecule has 0 spiro atoms. The smallest absolute Gasteiger partial charge is 0.345 e. The molecule has 0 aromatic heterocycles. The van der Waals surface area contributed by atoms with E-state index in [-0.39, 0.29) is 5.73 Å². The summed E-state index contributed by atoms with van der Waals surface area (Å²) >= 11 is 0. The van der Waals surface area contributed by atoms with E-state index in [0.29, 0.717) is 6.61 Å². The van der Waals surface area contributed by atoms with Gasteiger partial charge in [-0.3, -0.25) is 0 Å². The molecule has 6 nitrogen and oxygen atoms in total. The first-order valence-electron chi connectivity index (χ1n) is 12.4. The summed E-state index contributed by atoms with van der Waals surface area (Å²) in [5.74, 6) is 0. The lowest BCUT2D eigenvalue weighted by atomic mass is 10.5. The Morgan fingerprint density at radius 2 is 1.16 bits per heavy atom. The Morgan fingerprint density at radius 1 is 0.625 bits per heavy atom. The molecule has 0 saturated heterocycles. The molecule has 0 aliphatic heterocycles. The van der Waals surface area contributed by atoms with E-state index in [1.54, 1.807) is 0 Å². The van der Waals surface area contributed by atoms with E-state index in [1.165, 1.54) is 0 Å². The van der Waals surface area contributed by atoms with Gasteiger partial charge in [-0.1, -0.05) is 13.8 Å². The number of rotatable bonds is 18. The second-order valence-corrected chi connectivity index (χ2v) is 31.5. The Hall–Kier alpha value is 0.844. The van der Waals surface area contributed by atoms with Crippen molar-refractivity contribution in [2.45, 2.75) is 117 Å². The van der Waals surface area contributed by atoms with Crippen LogP contribution in [0.2, 0.25) is 71.5 Å². The van der Waals surface area contributed by atoms with Crippen LogP contribution in [-0.4, -0.2) is 67.9 Å². The van der Waals surface area contributed by atoms with Gasteiger partial charge in [0.05, 0.1) is 5.73 Å². The van der Waals surface area contributed by atoms with Crippen molar-refractivity contribution in [2.24, 2.45) is 0 Å². The maximum absolute atomic E-state index is 7.08. The molecule has 0 rings (SSSR count). The number of hydrogen-bond donors (Lipinski definition) is 0. The molecule has 32 heavy (non-hydrogen) atoms. The molecule has 0 saturated carbocycles. The fourth-order valence-corrected chi connectivity index (χ4v) is 27.1. The van der Waals surface area contributed by atoms with E-state index in [2.05, 4.69) is 86.2 Å². The minimum Gasteiger partial charge on any atom is -0.437 e. The lowest BCUT2D eigenvalue weighted by Crippen LogP contribution is -2.64. The average molecular weight is 543 g/mol. The maximum atomic E-state index is 7.08. The van der Waals surface area contributed by atoms with E-state index < -0.39 is 42.3 Å². The van der Waals surface area contributed by atoms with E-state index in [9.17, 15) is 0 Å². The monoisotopic (exact) mass is 542 g/mol. The summed E-state index contributed by atoms with van der Waals surface area (Å²) in [6.07, 6.45) is 2.93. The standard InChI is InChI=1S/C21H54O6Si5/c1-14-17-22-19-16-20-31(12,26-30(10,11)24-28(4,5)6)27-32(13,25-29(7,8)9)21(3)23-18-15-2/h21H,14-20H2,1-13H3. The van der Waals surface area contributed by atoms with Gasteiger partial charge in [-0.15, -0.1) is 0 Å². The van der Waals surface area contributed by atoms with Crippen LogP contribution in [0.3, 0.4) is 0 Å². The zero-order valence-electron chi connectivity index (χ0n) is 23.5. The molecule has 0 heterocycles. The molecular weight excluding hydrogens is 489 g/mol. The van der Waals surface area contributed by atoms with Crippen LogP contribution < -0.4 is 0 Å². The summed E-state index contributed by atoms with van der Waals surface area (Å²) < 4.78 is 39.2. The Bertz CT molecular complexity index is 526. The van der Waals surface area contributed by atoms with Crippen LogP contribution in [0, 0.1) is 0 Å². The van der Waals surface area contributed by atoms with E-state index in [1.807, 2.05) is 0 Å². The summed E-state index contributed by atoms with van der Waals surface area (Å²) in [7, 11) is -11.3. The van der Waals surface area contributed by atoms with Gasteiger partial charge < -0.3 is 25.9 Å². The third kappa shape index (κ3) is 15.0. The van der Waals surface area contributed by atoms with Crippen molar-refractivity contribution in [1.82, 2.24) is 0 Å². The third-order valence-electron chi connectivity index (χ3n) is 4.52. The minimum atomic E-state index is -2.68. The lowest BCUT2D eigenvalue weighted by molar-refractivity contribution is 0.0839. The third-order valence-corrected chi connectivity index (χ3v) is 23.0. The number of ether oxygens (including phenoxy) is 2. The first-order valence-corrected chi connectivity index (χ1v) is 26.9. The van der Waals surface area contributed by atoms with Crippen LogP contribution in [-0.2, 0) is 25.9 Å². The molecule has 0 aliphatic rings. The molecular formula is C21H54O6Si5. The molecule has 11 heteroatoms. The van der Waals surface area contributed by atoms with Gasteiger partial charge in [0.2, 0.25) is 0 Å².